The molecule has 0 atom stereocenters. The van der Waals surface area contributed by atoms with Crippen LogP contribution in [0.4, 0.5) is 4.39 Å². The van der Waals surface area contributed by atoms with Crippen molar-refractivity contribution in [3.8, 4) is 0 Å². The van der Waals surface area contributed by atoms with Crippen LogP contribution in [0, 0.1) is 5.82 Å². The second-order valence-electron chi connectivity index (χ2n) is 5.27. The van der Waals surface area contributed by atoms with Gasteiger partial charge in [0, 0.05) is 19.6 Å². The van der Waals surface area contributed by atoms with Crippen molar-refractivity contribution < 1.29 is 9.18 Å². The second-order valence-corrected chi connectivity index (χ2v) is 5.27. The van der Waals surface area contributed by atoms with E-state index in [2.05, 4.69) is 15.6 Å². The van der Waals surface area contributed by atoms with Crippen LogP contribution in [0.1, 0.15) is 25.3 Å². The molecule has 0 saturated carbocycles. The van der Waals surface area contributed by atoms with Gasteiger partial charge in [0.25, 0.3) is 0 Å². The number of amides is 1. The molecule has 120 valence electrons. The maximum atomic E-state index is 13.1. The number of rotatable bonds is 5. The lowest BCUT2D eigenvalue weighted by molar-refractivity contribution is -0.128. The van der Waals surface area contributed by atoms with Gasteiger partial charge in [0.15, 0.2) is 5.96 Å². The van der Waals surface area contributed by atoms with Crippen LogP contribution in [0.5, 0.6) is 0 Å². The Bertz CT molecular complexity index is 527. The van der Waals surface area contributed by atoms with Crippen LogP contribution in [-0.2, 0) is 11.3 Å². The van der Waals surface area contributed by atoms with Gasteiger partial charge in [-0.05, 0) is 37.5 Å². The fourth-order valence-corrected chi connectivity index (χ4v) is 2.39. The summed E-state index contributed by atoms with van der Waals surface area (Å²) in [7, 11) is 0. The molecular weight excluding hydrogens is 283 g/mol. The molecule has 1 aromatic carbocycles. The Balaban J connectivity index is 1.88. The molecule has 0 spiro atoms. The van der Waals surface area contributed by atoms with Gasteiger partial charge in [0.05, 0.1) is 13.1 Å². The highest BCUT2D eigenvalue weighted by Gasteiger charge is 2.17. The molecule has 1 aliphatic heterocycles. The van der Waals surface area contributed by atoms with Gasteiger partial charge in [-0.15, -0.1) is 0 Å². The zero-order chi connectivity index (χ0) is 15.8. The third-order valence-corrected chi connectivity index (χ3v) is 3.52. The van der Waals surface area contributed by atoms with Gasteiger partial charge >= 0.3 is 0 Å². The number of guanidine groups is 1. The Morgan fingerprint density at radius 1 is 1.32 bits per heavy atom. The van der Waals surface area contributed by atoms with Crippen molar-refractivity contribution in [2.45, 2.75) is 26.3 Å². The van der Waals surface area contributed by atoms with E-state index in [4.69, 9.17) is 0 Å². The fraction of sp³-hybridized carbons (Fsp3) is 0.500. The number of hydrogen-bond donors (Lipinski definition) is 2. The third-order valence-electron chi connectivity index (χ3n) is 3.52. The maximum absolute atomic E-state index is 13.1. The number of nitrogens with zero attached hydrogens (tertiary/aromatic N) is 2. The van der Waals surface area contributed by atoms with Crippen molar-refractivity contribution >= 4 is 11.9 Å². The molecule has 0 aromatic heterocycles. The second kappa shape index (κ2) is 8.36. The minimum Gasteiger partial charge on any atom is -0.357 e. The van der Waals surface area contributed by atoms with Crippen molar-refractivity contribution in [3.05, 3.63) is 35.6 Å². The number of nitrogens with one attached hydrogen (secondary N) is 2. The summed E-state index contributed by atoms with van der Waals surface area (Å²) in [6, 6.07) is 6.36. The van der Waals surface area contributed by atoms with Gasteiger partial charge in [0.1, 0.15) is 5.82 Å². The van der Waals surface area contributed by atoms with Gasteiger partial charge in [0.2, 0.25) is 5.91 Å². The quantitative estimate of drug-likeness (QED) is 0.640. The van der Waals surface area contributed by atoms with E-state index in [0.29, 0.717) is 19.0 Å². The fourth-order valence-electron chi connectivity index (χ4n) is 2.39. The molecule has 2 N–H and O–H groups in total. The topological polar surface area (TPSA) is 56.7 Å². The van der Waals surface area contributed by atoms with Crippen LogP contribution in [0.25, 0.3) is 0 Å². The van der Waals surface area contributed by atoms with Crippen molar-refractivity contribution in [3.63, 3.8) is 0 Å². The minimum atomic E-state index is -0.269. The Hall–Kier alpha value is -2.11. The van der Waals surface area contributed by atoms with Crippen molar-refractivity contribution in [2.75, 3.05) is 26.2 Å². The summed E-state index contributed by atoms with van der Waals surface area (Å²) in [6.07, 6.45) is 2.17. The van der Waals surface area contributed by atoms with Crippen molar-refractivity contribution in [2.24, 2.45) is 4.99 Å². The summed E-state index contributed by atoms with van der Waals surface area (Å²) in [5.41, 5.74) is 0.795. The molecule has 22 heavy (non-hydrogen) atoms. The van der Waals surface area contributed by atoms with Crippen LogP contribution in [0.2, 0.25) is 0 Å². The highest BCUT2D eigenvalue weighted by Crippen LogP contribution is 2.07. The van der Waals surface area contributed by atoms with Crippen LogP contribution in [0.15, 0.2) is 29.3 Å². The average molecular weight is 306 g/mol. The van der Waals surface area contributed by atoms with Crippen LogP contribution in [-0.4, -0.2) is 42.9 Å². The van der Waals surface area contributed by atoms with E-state index in [1.54, 1.807) is 6.07 Å². The molecule has 2 rings (SSSR count). The van der Waals surface area contributed by atoms with E-state index in [1.807, 2.05) is 17.9 Å². The lowest BCUT2D eigenvalue weighted by atomic mass is 10.2. The largest absolute Gasteiger partial charge is 0.357 e. The molecule has 1 amide bonds. The molecule has 5 nitrogen and oxygen atoms in total. The van der Waals surface area contributed by atoms with Gasteiger partial charge in [-0.1, -0.05) is 12.1 Å². The summed E-state index contributed by atoms with van der Waals surface area (Å²) < 4.78 is 13.1. The number of benzene rings is 1. The highest BCUT2D eigenvalue weighted by atomic mass is 19.1. The third kappa shape index (κ3) is 5.02. The maximum Gasteiger partial charge on any atom is 0.241 e. The van der Waals surface area contributed by atoms with E-state index in [9.17, 15) is 9.18 Å². The predicted octanol–water partition coefficient (Wildman–Crippen LogP) is 1.50. The summed E-state index contributed by atoms with van der Waals surface area (Å²) in [5.74, 6) is 0.392. The molecule has 1 aromatic rings. The Labute approximate surface area is 130 Å². The van der Waals surface area contributed by atoms with Crippen LogP contribution in [0.3, 0.4) is 0 Å². The lowest BCUT2D eigenvalue weighted by Gasteiger charge is -2.17. The van der Waals surface area contributed by atoms with Gasteiger partial charge in [-0.2, -0.15) is 0 Å². The van der Waals surface area contributed by atoms with Crippen LogP contribution >= 0.6 is 0 Å². The number of carbonyl (C=O) groups is 1. The molecule has 1 fully saturated rings. The number of carbonyl (C=O) groups excluding carboxylic acids is 1. The standard InChI is InChI=1S/C16H23FN4O/c1-2-18-16(19-11-13-6-5-7-14(17)10-13)20-12-15(22)21-8-3-4-9-21/h5-7,10H,2-4,8-9,11-12H2,1H3,(H2,18,19,20). The summed E-state index contributed by atoms with van der Waals surface area (Å²) in [5, 5.41) is 6.12. The molecule has 0 unspecified atom stereocenters. The normalized spacial score (nSPS) is 15.0. The van der Waals surface area contributed by atoms with Gasteiger partial charge < -0.3 is 15.5 Å². The zero-order valence-corrected chi connectivity index (χ0v) is 12.9. The predicted molar refractivity (Wildman–Crippen MR) is 85.0 cm³/mol. The number of aliphatic imine (C=N–C) groups is 1. The molecule has 1 saturated heterocycles. The number of likely N-dealkylation sites (tertiary alicyclic amines) is 1. The number of halogens is 1. The van der Waals surface area contributed by atoms with E-state index in [1.165, 1.54) is 12.1 Å². The van der Waals surface area contributed by atoms with E-state index < -0.39 is 0 Å². The van der Waals surface area contributed by atoms with Gasteiger partial charge in [-0.3, -0.25) is 4.79 Å². The molecule has 0 bridgehead atoms. The molecular formula is C16H23FN4O. The molecule has 6 heteroatoms. The molecule has 0 radical (unpaired) electrons. The SMILES string of the molecule is CCNC(=NCc1cccc(F)c1)NCC(=O)N1CCCC1. The van der Waals surface area contributed by atoms with E-state index in [-0.39, 0.29) is 18.3 Å². The van der Waals surface area contributed by atoms with E-state index >= 15 is 0 Å². The molecule has 0 aliphatic carbocycles. The van der Waals surface area contributed by atoms with Crippen molar-refractivity contribution in [1.82, 2.24) is 15.5 Å². The Kier molecular flexibility index (Phi) is 6.18. The van der Waals surface area contributed by atoms with Crippen molar-refractivity contribution in [1.29, 1.82) is 0 Å². The van der Waals surface area contributed by atoms with E-state index in [0.717, 1.165) is 31.5 Å². The summed E-state index contributed by atoms with van der Waals surface area (Å²) >= 11 is 0. The monoisotopic (exact) mass is 306 g/mol. The Morgan fingerprint density at radius 2 is 2.09 bits per heavy atom. The van der Waals surface area contributed by atoms with Gasteiger partial charge in [-0.25, -0.2) is 9.38 Å². The summed E-state index contributed by atoms with van der Waals surface area (Å²) in [6.45, 7) is 4.95. The first-order valence-electron chi connectivity index (χ1n) is 7.73. The summed E-state index contributed by atoms with van der Waals surface area (Å²) in [4.78, 5) is 18.2. The van der Waals surface area contributed by atoms with Crippen LogP contribution < -0.4 is 10.6 Å². The lowest BCUT2D eigenvalue weighted by Crippen LogP contribution is -2.44. The smallest absolute Gasteiger partial charge is 0.241 e. The highest BCUT2D eigenvalue weighted by molar-refractivity contribution is 5.86. The molecule has 1 heterocycles. The Morgan fingerprint density at radius 3 is 2.77 bits per heavy atom. The first kappa shape index (κ1) is 16.3. The minimum absolute atomic E-state index is 0.0915. The molecule has 1 aliphatic rings. The number of hydrogen-bond acceptors (Lipinski definition) is 2. The first-order chi connectivity index (χ1) is 10.7. The first-order valence-corrected chi connectivity index (χ1v) is 7.73. The zero-order valence-electron chi connectivity index (χ0n) is 12.9. The average Bonchev–Trinajstić information content (AvgIpc) is 3.04.